The molecule has 0 aliphatic heterocycles. The first-order valence-electron chi connectivity index (χ1n) is 5.04. The van der Waals surface area contributed by atoms with Gasteiger partial charge in [-0.25, -0.2) is 4.39 Å². The molecule has 1 aromatic heterocycles. The van der Waals surface area contributed by atoms with Gasteiger partial charge in [0.1, 0.15) is 5.82 Å². The smallest absolute Gasteiger partial charge is 0.168 e. The molecule has 86 valence electrons. The molecule has 0 aliphatic rings. The molecule has 1 aromatic carbocycles. The van der Waals surface area contributed by atoms with Gasteiger partial charge < -0.3 is 0 Å². The predicted molar refractivity (Wildman–Crippen MR) is 63.7 cm³/mol. The lowest BCUT2D eigenvalue weighted by molar-refractivity contribution is 0.0992. The summed E-state index contributed by atoms with van der Waals surface area (Å²) in [6, 6.07) is 7.79. The highest BCUT2D eigenvalue weighted by Crippen LogP contribution is 2.21. The third-order valence-corrected chi connectivity index (χ3v) is 2.79. The second-order valence-electron chi connectivity index (χ2n) is 3.55. The molecule has 17 heavy (non-hydrogen) atoms. The summed E-state index contributed by atoms with van der Waals surface area (Å²) in [5.41, 5.74) is 0.980. The summed E-state index contributed by atoms with van der Waals surface area (Å²) in [6.45, 7) is 0. The van der Waals surface area contributed by atoms with Crippen LogP contribution in [0.2, 0.25) is 5.02 Å². The van der Waals surface area contributed by atoms with Crippen LogP contribution in [0.5, 0.6) is 0 Å². The fourth-order valence-corrected chi connectivity index (χ4v) is 1.68. The minimum atomic E-state index is -0.511. The molecule has 2 nitrogen and oxygen atoms in total. The SMILES string of the molecule is O=C(Cc1cccc(F)c1Cl)c1cccnc1. The summed E-state index contributed by atoms with van der Waals surface area (Å²) in [6.07, 6.45) is 3.14. The number of hydrogen-bond donors (Lipinski definition) is 0. The number of ketones is 1. The van der Waals surface area contributed by atoms with E-state index in [1.807, 2.05) is 0 Å². The Morgan fingerprint density at radius 3 is 2.82 bits per heavy atom. The molecule has 0 atom stereocenters. The number of nitrogens with zero attached hydrogens (tertiary/aromatic N) is 1. The van der Waals surface area contributed by atoms with Crippen LogP contribution >= 0.6 is 11.6 Å². The molecule has 0 spiro atoms. The normalized spacial score (nSPS) is 10.2. The van der Waals surface area contributed by atoms with Crippen molar-refractivity contribution in [1.29, 1.82) is 0 Å². The summed E-state index contributed by atoms with van der Waals surface area (Å²) in [4.78, 5) is 15.7. The molecular formula is C13H9ClFNO. The molecule has 0 bridgehead atoms. The Morgan fingerprint density at radius 1 is 1.29 bits per heavy atom. The maximum Gasteiger partial charge on any atom is 0.168 e. The number of Topliss-reactive ketones (excluding diaryl/α,β-unsaturated/α-hetero) is 1. The van der Waals surface area contributed by atoms with Crippen LogP contribution in [-0.4, -0.2) is 10.8 Å². The molecule has 0 radical (unpaired) electrons. The average Bonchev–Trinajstić information content (AvgIpc) is 2.36. The van der Waals surface area contributed by atoms with Crippen LogP contribution in [0.3, 0.4) is 0 Å². The Hall–Kier alpha value is -1.74. The lowest BCUT2D eigenvalue weighted by atomic mass is 10.0. The first-order valence-corrected chi connectivity index (χ1v) is 5.42. The molecule has 0 amide bonds. The van der Waals surface area contributed by atoms with Gasteiger partial charge in [-0.3, -0.25) is 9.78 Å². The molecule has 2 aromatic rings. The summed E-state index contributed by atoms with van der Waals surface area (Å²) >= 11 is 5.78. The van der Waals surface area contributed by atoms with Gasteiger partial charge in [-0.05, 0) is 23.8 Å². The Morgan fingerprint density at radius 2 is 2.12 bits per heavy atom. The van der Waals surface area contributed by atoms with Crippen LogP contribution in [0.15, 0.2) is 42.7 Å². The van der Waals surface area contributed by atoms with E-state index in [-0.39, 0.29) is 17.2 Å². The van der Waals surface area contributed by atoms with Crippen LogP contribution < -0.4 is 0 Å². The zero-order valence-electron chi connectivity index (χ0n) is 8.86. The van der Waals surface area contributed by atoms with Gasteiger partial charge in [0.25, 0.3) is 0 Å². The van der Waals surface area contributed by atoms with E-state index in [4.69, 9.17) is 11.6 Å². The maximum absolute atomic E-state index is 13.2. The van der Waals surface area contributed by atoms with Crippen molar-refractivity contribution in [3.8, 4) is 0 Å². The molecule has 0 N–H and O–H groups in total. The third-order valence-electron chi connectivity index (χ3n) is 2.37. The fourth-order valence-electron chi connectivity index (χ4n) is 1.49. The highest BCUT2D eigenvalue weighted by atomic mass is 35.5. The number of benzene rings is 1. The molecule has 0 unspecified atom stereocenters. The Labute approximate surface area is 103 Å². The van der Waals surface area contributed by atoms with Gasteiger partial charge in [-0.2, -0.15) is 0 Å². The molecule has 1 heterocycles. The summed E-state index contributed by atoms with van der Waals surface area (Å²) in [5, 5.41) is 0.00439. The lowest BCUT2D eigenvalue weighted by Gasteiger charge is -2.04. The van der Waals surface area contributed by atoms with Crippen molar-refractivity contribution in [1.82, 2.24) is 4.98 Å². The first kappa shape index (κ1) is 11.7. The van der Waals surface area contributed by atoms with E-state index in [1.165, 1.54) is 18.3 Å². The molecule has 0 saturated carbocycles. The van der Waals surface area contributed by atoms with Crippen LogP contribution in [0, 0.1) is 5.82 Å². The number of carbonyl (C=O) groups excluding carboxylic acids is 1. The van der Waals surface area contributed by atoms with Crippen molar-refractivity contribution < 1.29 is 9.18 Å². The Kier molecular flexibility index (Phi) is 3.49. The zero-order valence-corrected chi connectivity index (χ0v) is 9.62. The van der Waals surface area contributed by atoms with Gasteiger partial charge in [0.2, 0.25) is 0 Å². The maximum atomic E-state index is 13.2. The van der Waals surface area contributed by atoms with Crippen molar-refractivity contribution in [3.63, 3.8) is 0 Å². The molecule has 4 heteroatoms. The number of aromatic nitrogens is 1. The summed E-state index contributed by atoms with van der Waals surface area (Å²) in [5.74, 6) is -0.645. The number of hydrogen-bond acceptors (Lipinski definition) is 2. The monoisotopic (exact) mass is 249 g/mol. The second-order valence-corrected chi connectivity index (χ2v) is 3.93. The molecule has 2 rings (SSSR count). The fraction of sp³-hybridized carbons (Fsp3) is 0.0769. The van der Waals surface area contributed by atoms with E-state index in [0.29, 0.717) is 11.1 Å². The van der Waals surface area contributed by atoms with E-state index in [2.05, 4.69) is 4.98 Å². The highest BCUT2D eigenvalue weighted by molar-refractivity contribution is 6.31. The zero-order chi connectivity index (χ0) is 12.3. The van der Waals surface area contributed by atoms with Crippen molar-refractivity contribution >= 4 is 17.4 Å². The van der Waals surface area contributed by atoms with E-state index >= 15 is 0 Å². The first-order chi connectivity index (χ1) is 8.18. The number of rotatable bonds is 3. The van der Waals surface area contributed by atoms with Crippen LogP contribution in [0.1, 0.15) is 15.9 Å². The summed E-state index contributed by atoms with van der Waals surface area (Å²) < 4.78 is 13.2. The quantitative estimate of drug-likeness (QED) is 0.782. The summed E-state index contributed by atoms with van der Waals surface area (Å²) in [7, 11) is 0. The van der Waals surface area contributed by atoms with Gasteiger partial charge in [-0.15, -0.1) is 0 Å². The largest absolute Gasteiger partial charge is 0.294 e. The van der Waals surface area contributed by atoms with Crippen molar-refractivity contribution in [2.24, 2.45) is 0 Å². The van der Waals surface area contributed by atoms with Crippen molar-refractivity contribution in [2.45, 2.75) is 6.42 Å². The van der Waals surface area contributed by atoms with E-state index in [0.717, 1.165) is 0 Å². The van der Waals surface area contributed by atoms with Gasteiger partial charge >= 0.3 is 0 Å². The molecule has 0 fully saturated rings. The number of halogens is 2. The number of pyridine rings is 1. The number of carbonyl (C=O) groups is 1. The molecule has 0 aliphatic carbocycles. The van der Waals surface area contributed by atoms with Crippen LogP contribution in [0.25, 0.3) is 0 Å². The van der Waals surface area contributed by atoms with Gasteiger partial charge in [0.05, 0.1) is 5.02 Å². The minimum absolute atomic E-state index is 0.00439. The van der Waals surface area contributed by atoms with Gasteiger partial charge in [0, 0.05) is 24.4 Å². The van der Waals surface area contributed by atoms with Crippen LogP contribution in [-0.2, 0) is 6.42 Å². The predicted octanol–water partition coefficient (Wildman–Crippen LogP) is 3.30. The molecule has 0 saturated heterocycles. The van der Waals surface area contributed by atoms with Crippen molar-refractivity contribution in [3.05, 3.63) is 64.7 Å². The van der Waals surface area contributed by atoms with E-state index in [1.54, 1.807) is 24.4 Å². The van der Waals surface area contributed by atoms with Gasteiger partial charge in [0.15, 0.2) is 5.78 Å². The van der Waals surface area contributed by atoms with Gasteiger partial charge in [-0.1, -0.05) is 23.7 Å². The highest BCUT2D eigenvalue weighted by Gasteiger charge is 2.11. The standard InChI is InChI=1S/C13H9ClFNO/c14-13-9(3-1-5-11(13)15)7-12(17)10-4-2-6-16-8-10/h1-6,8H,7H2. The molecular weight excluding hydrogens is 241 g/mol. The second kappa shape index (κ2) is 5.06. The van der Waals surface area contributed by atoms with E-state index in [9.17, 15) is 9.18 Å². The topological polar surface area (TPSA) is 30.0 Å². The Balaban J connectivity index is 2.22. The van der Waals surface area contributed by atoms with Crippen LogP contribution in [0.4, 0.5) is 4.39 Å². The third kappa shape index (κ3) is 2.68. The minimum Gasteiger partial charge on any atom is -0.294 e. The van der Waals surface area contributed by atoms with E-state index < -0.39 is 5.82 Å². The van der Waals surface area contributed by atoms with Crippen molar-refractivity contribution in [2.75, 3.05) is 0 Å². The average molecular weight is 250 g/mol. The Bertz CT molecular complexity index is 542. The lowest BCUT2D eigenvalue weighted by Crippen LogP contribution is -2.04.